The van der Waals surface area contributed by atoms with Crippen molar-refractivity contribution in [1.82, 2.24) is 4.90 Å². The number of urea groups is 1. The van der Waals surface area contributed by atoms with Crippen molar-refractivity contribution in [3.63, 3.8) is 0 Å². The summed E-state index contributed by atoms with van der Waals surface area (Å²) in [4.78, 5) is 54.5. The Hall–Kier alpha value is -2.92. The van der Waals surface area contributed by atoms with Gasteiger partial charge in [-0.3, -0.25) is 9.59 Å². The summed E-state index contributed by atoms with van der Waals surface area (Å²) >= 11 is 7.89. The van der Waals surface area contributed by atoms with Crippen LogP contribution in [0.25, 0.3) is 0 Å². The van der Waals surface area contributed by atoms with Crippen LogP contribution in [0.5, 0.6) is 0 Å². The summed E-state index contributed by atoms with van der Waals surface area (Å²) in [6.07, 6.45) is 0. The third-order valence-corrected chi connectivity index (χ3v) is 7.74. The first kappa shape index (κ1) is 21.9. The number of hydrogen-bond acceptors (Lipinski definition) is 6. The predicted molar refractivity (Wildman–Crippen MR) is 122 cm³/mol. The van der Waals surface area contributed by atoms with Gasteiger partial charge >= 0.3 is 11.7 Å². The van der Waals surface area contributed by atoms with Crippen molar-refractivity contribution in [1.29, 1.82) is 5.26 Å². The van der Waals surface area contributed by atoms with Crippen LogP contribution in [0, 0.1) is 19.8 Å². The minimum absolute atomic E-state index is 0.0278. The summed E-state index contributed by atoms with van der Waals surface area (Å²) < 4.78 is 0.266. The molecule has 1 N–H and O–H groups in total. The zero-order chi connectivity index (χ0) is 23.7. The lowest BCUT2D eigenvalue weighted by molar-refractivity contribution is -0.852. The topological polar surface area (TPSA) is 122 Å². The number of halogens is 2. The van der Waals surface area contributed by atoms with Gasteiger partial charge in [0, 0.05) is 15.2 Å². The molecule has 0 aliphatic carbocycles. The Morgan fingerprint density at radius 3 is 2.67 bits per heavy atom. The molecule has 0 saturated carbocycles. The summed E-state index contributed by atoms with van der Waals surface area (Å²) in [6.45, 7) is 0.865. The number of carbonyl (C=O) groups is 3. The maximum absolute atomic E-state index is 13.7. The molecular weight excluding hydrogens is 565 g/mol. The second kappa shape index (κ2) is 7.56. The second-order valence-electron chi connectivity index (χ2n) is 8.18. The van der Waals surface area contributed by atoms with E-state index >= 15 is 0 Å². The number of rotatable bonds is 4. The van der Waals surface area contributed by atoms with E-state index in [2.05, 4.69) is 6.07 Å². The van der Waals surface area contributed by atoms with Crippen LogP contribution in [-0.2, 0) is 4.79 Å². The van der Waals surface area contributed by atoms with Crippen molar-refractivity contribution in [2.45, 2.75) is 12.1 Å². The Bertz CT molecular complexity index is 1330. The van der Waals surface area contributed by atoms with Crippen molar-refractivity contribution in [3.05, 3.63) is 61.0 Å². The maximum Gasteiger partial charge on any atom is 0.433 e. The number of carbonyl (C=O) groups excluding carboxylic acids is 3. The Kier molecular flexibility index (Phi) is 5.02. The molecule has 3 fully saturated rings. The number of imide groups is 1. The number of fused-ring (bicyclic) bond motifs is 1. The monoisotopic (exact) mass is 579 g/mol. The fraction of sp³-hybridized carbons (Fsp3) is 0.238. The van der Waals surface area contributed by atoms with Crippen LogP contribution in [0.3, 0.4) is 0 Å². The minimum Gasteiger partial charge on any atom is -0.287 e. The van der Waals surface area contributed by atoms with Crippen molar-refractivity contribution in [2.24, 2.45) is 0 Å². The van der Waals surface area contributed by atoms with Crippen LogP contribution in [0.2, 0.25) is 5.02 Å². The summed E-state index contributed by atoms with van der Waals surface area (Å²) in [5, 5.41) is 18.4. The normalized spacial score (nSPS) is 27.5. The molecule has 3 unspecified atom stereocenters. The van der Waals surface area contributed by atoms with Crippen LogP contribution in [-0.4, -0.2) is 69.1 Å². The van der Waals surface area contributed by atoms with Gasteiger partial charge in [0.1, 0.15) is 17.8 Å². The van der Waals surface area contributed by atoms with Gasteiger partial charge < -0.3 is 0 Å². The predicted octanol–water partition coefficient (Wildman–Crippen LogP) is 2.81. The van der Waals surface area contributed by atoms with E-state index in [-0.39, 0.29) is 34.0 Å². The van der Waals surface area contributed by atoms with Crippen molar-refractivity contribution in [3.8, 4) is 6.07 Å². The first-order valence-electron chi connectivity index (χ1n) is 9.87. The number of amides is 3. The van der Waals surface area contributed by atoms with E-state index in [1.807, 2.05) is 27.5 Å². The number of anilines is 1. The fourth-order valence-electron chi connectivity index (χ4n) is 5.02. The molecule has 0 aromatic heterocycles. The van der Waals surface area contributed by atoms with Gasteiger partial charge in [-0.25, -0.2) is 19.4 Å². The van der Waals surface area contributed by atoms with Crippen LogP contribution in [0.15, 0.2) is 36.4 Å². The molecule has 5 rings (SSSR count). The van der Waals surface area contributed by atoms with Crippen LogP contribution in [0.4, 0.5) is 16.2 Å². The lowest BCUT2D eigenvalue weighted by atomic mass is 9.98. The first-order valence-corrected chi connectivity index (χ1v) is 11.3. The Labute approximate surface area is 205 Å². The number of ketones is 1. The van der Waals surface area contributed by atoms with Crippen molar-refractivity contribution < 1.29 is 29.0 Å². The lowest BCUT2D eigenvalue weighted by Gasteiger charge is -2.32. The number of quaternary nitrogens is 1. The summed E-state index contributed by atoms with van der Waals surface area (Å²) in [5.74, 6) is -0.808. The summed E-state index contributed by atoms with van der Waals surface area (Å²) in [6, 6.07) is 8.62. The van der Waals surface area contributed by atoms with Crippen LogP contribution < -0.4 is 4.90 Å². The van der Waals surface area contributed by atoms with E-state index in [4.69, 9.17) is 11.6 Å². The third kappa shape index (κ3) is 3.02. The number of Topliss-reactive ketones (excluding diaryl/α,β-unsaturated/α-hetero) is 1. The van der Waals surface area contributed by atoms with Gasteiger partial charge in [0.25, 0.3) is 10.8 Å². The zero-order valence-corrected chi connectivity index (χ0v) is 19.7. The lowest BCUT2D eigenvalue weighted by Crippen LogP contribution is -2.62. The molecule has 4 atom stereocenters. The molecule has 166 valence electrons. The number of nitriles is 1. The number of nitrogens with zero attached hydrogens (tertiary/aromatic N) is 5. The fourth-order valence-corrected chi connectivity index (χ4v) is 5.83. The smallest absolute Gasteiger partial charge is 0.287 e. The van der Waals surface area contributed by atoms with Gasteiger partial charge in [0.2, 0.25) is 5.78 Å². The Morgan fingerprint density at radius 2 is 2.00 bits per heavy atom. The zero-order valence-electron chi connectivity index (χ0n) is 16.8. The highest BCUT2D eigenvalue weighted by molar-refractivity contribution is 14.1. The quantitative estimate of drug-likeness (QED) is 0.194. The van der Waals surface area contributed by atoms with Crippen LogP contribution in [0.1, 0.15) is 15.9 Å². The van der Waals surface area contributed by atoms with Crippen LogP contribution >= 0.6 is 34.2 Å². The molecule has 2 aromatic rings. The number of piperazine rings is 1. The molecule has 1 spiro atoms. The first-order chi connectivity index (χ1) is 15.7. The van der Waals surface area contributed by atoms with Gasteiger partial charge in [-0.05, 0) is 52.9 Å². The minimum atomic E-state index is -0.851. The third-order valence-electron chi connectivity index (χ3n) is 6.53. The molecule has 2 aromatic carbocycles. The van der Waals surface area contributed by atoms with Gasteiger partial charge in [0.15, 0.2) is 12.1 Å². The van der Waals surface area contributed by atoms with E-state index in [0.717, 1.165) is 4.90 Å². The highest BCUT2D eigenvalue weighted by Crippen LogP contribution is 2.44. The number of benzene rings is 2. The standard InChI is InChI=1S/C21H15ClIN5O5/c22-14-4-2-11(5-16(14)27(32)33)19(29)17-8-25-9-18-20(30)26(21(31)28(17,18)10-25)13-3-1-12(7-24)15(23)6-13/h1-6,17-18H,8-10H2,(H,32,33)/q+2. The largest absolute Gasteiger partial charge is 0.433 e. The molecule has 10 nitrogen and oxygen atoms in total. The molecular formula is C21H15ClIN5O5+2. The van der Waals surface area contributed by atoms with Gasteiger partial charge in [-0.1, -0.05) is 11.6 Å². The molecule has 3 aliphatic rings. The molecule has 0 radical (unpaired) electrons. The van der Waals surface area contributed by atoms with Gasteiger partial charge in [0.05, 0.1) is 29.2 Å². The molecule has 3 heterocycles. The van der Waals surface area contributed by atoms with Gasteiger partial charge in [-0.2, -0.15) is 10.2 Å². The summed E-state index contributed by atoms with van der Waals surface area (Å²) in [7, 11) is 0. The Morgan fingerprint density at radius 1 is 1.24 bits per heavy atom. The van der Waals surface area contributed by atoms with Crippen molar-refractivity contribution in [2.75, 3.05) is 24.7 Å². The molecule has 2 bridgehead atoms. The SMILES string of the molecule is N#Cc1ccc(N2C(=O)C3C[N@]4CC(C(=O)c5ccc(Cl)c([N+](=O)O)c5)[N+]3(C4)C2=O)cc1I. The highest BCUT2D eigenvalue weighted by Gasteiger charge is 2.73. The highest BCUT2D eigenvalue weighted by atomic mass is 127. The molecule has 3 aliphatic heterocycles. The van der Waals surface area contributed by atoms with E-state index in [1.54, 1.807) is 18.2 Å². The molecule has 3 saturated heterocycles. The second-order valence-corrected chi connectivity index (χ2v) is 9.74. The van der Waals surface area contributed by atoms with Crippen molar-refractivity contribution >= 4 is 63.3 Å². The average molecular weight is 580 g/mol. The molecule has 12 heteroatoms. The Balaban J connectivity index is 1.54. The van der Waals surface area contributed by atoms with E-state index in [0.29, 0.717) is 21.4 Å². The van der Waals surface area contributed by atoms with E-state index < -0.39 is 34.7 Å². The average Bonchev–Trinajstić information content (AvgIpc) is 3.42. The van der Waals surface area contributed by atoms with Gasteiger partial charge in [-0.15, -0.1) is 0 Å². The van der Waals surface area contributed by atoms with E-state index in [1.165, 1.54) is 18.2 Å². The molecule has 3 amide bonds. The maximum atomic E-state index is 13.7. The van der Waals surface area contributed by atoms with E-state index in [9.17, 15) is 29.8 Å². The molecule has 33 heavy (non-hydrogen) atoms. The summed E-state index contributed by atoms with van der Waals surface area (Å²) in [5.41, 5.74) is 0.619. The number of hydrogen-bond donors (Lipinski definition) is 1.